The summed E-state index contributed by atoms with van der Waals surface area (Å²) in [7, 11) is 0. The second-order valence-electron chi connectivity index (χ2n) is 3.81. The molecule has 0 N–H and O–H groups in total. The van der Waals surface area contributed by atoms with E-state index in [1.165, 1.54) is 0 Å². The van der Waals surface area contributed by atoms with Crippen molar-refractivity contribution in [2.75, 3.05) is 19.7 Å². The number of carbonyl (C=O) groups is 1. The number of rotatable bonds is 6. The Kier molecular flexibility index (Phi) is 8.31. The highest BCUT2D eigenvalue weighted by atomic mass is 16.6. The molecule has 0 radical (unpaired) electrons. The highest BCUT2D eigenvalue weighted by molar-refractivity contribution is 5.67. The third-order valence-corrected chi connectivity index (χ3v) is 2.07. The van der Waals surface area contributed by atoms with Crippen LogP contribution in [0.1, 0.15) is 27.7 Å². The van der Waals surface area contributed by atoms with Gasteiger partial charge in [0.25, 0.3) is 0 Å². The van der Waals surface area contributed by atoms with Crippen LogP contribution in [-0.2, 0) is 4.74 Å². The highest BCUT2D eigenvalue weighted by Gasteiger charge is 2.08. The Morgan fingerprint density at radius 2 is 1.88 bits per heavy atom. The lowest BCUT2D eigenvalue weighted by Gasteiger charge is -2.17. The van der Waals surface area contributed by atoms with E-state index >= 15 is 0 Å². The topological polar surface area (TPSA) is 29.5 Å². The van der Waals surface area contributed by atoms with Gasteiger partial charge in [0.15, 0.2) is 0 Å². The van der Waals surface area contributed by atoms with Gasteiger partial charge in [0, 0.05) is 13.1 Å². The molecule has 3 heteroatoms. The second-order valence-corrected chi connectivity index (χ2v) is 3.81. The van der Waals surface area contributed by atoms with Gasteiger partial charge in [-0.1, -0.05) is 32.1 Å². The van der Waals surface area contributed by atoms with E-state index in [0.717, 1.165) is 0 Å². The minimum absolute atomic E-state index is 0.248. The van der Waals surface area contributed by atoms with Crippen LogP contribution in [0.4, 0.5) is 4.79 Å². The Bertz CT molecular complexity index is 240. The normalized spacial score (nSPS) is 11.6. The lowest BCUT2D eigenvalue weighted by atomic mass is 10.2. The van der Waals surface area contributed by atoms with Gasteiger partial charge in [-0.05, 0) is 25.8 Å². The molecule has 0 unspecified atom stereocenters. The van der Waals surface area contributed by atoms with Crippen LogP contribution in [0.3, 0.4) is 0 Å². The summed E-state index contributed by atoms with van der Waals surface area (Å²) >= 11 is 0. The molecule has 0 atom stereocenters. The van der Waals surface area contributed by atoms with E-state index in [2.05, 4.69) is 19.9 Å². The summed E-state index contributed by atoms with van der Waals surface area (Å²) in [6.45, 7) is 9.81. The van der Waals surface area contributed by atoms with Gasteiger partial charge >= 0.3 is 6.09 Å². The average Bonchev–Trinajstić information content (AvgIpc) is 2.24. The Balaban J connectivity index is 3.77. The van der Waals surface area contributed by atoms with Gasteiger partial charge < -0.3 is 9.64 Å². The molecule has 3 nitrogen and oxygen atoms in total. The first-order valence-corrected chi connectivity index (χ1v) is 5.86. The van der Waals surface area contributed by atoms with Crippen molar-refractivity contribution in [2.24, 2.45) is 5.92 Å². The number of ether oxygens (including phenoxy) is 1. The molecule has 0 saturated carbocycles. The number of amides is 1. The summed E-state index contributed by atoms with van der Waals surface area (Å²) in [5.74, 6) is 0.544. The SMILES string of the molecule is CCN(CC)C(=O)OCC=CC=CC(C)C. The minimum Gasteiger partial charge on any atom is -0.445 e. The molecule has 0 fully saturated rings. The molecule has 0 spiro atoms. The third kappa shape index (κ3) is 7.10. The maximum Gasteiger partial charge on any atom is 0.410 e. The van der Waals surface area contributed by atoms with Crippen molar-refractivity contribution in [1.82, 2.24) is 4.90 Å². The lowest BCUT2D eigenvalue weighted by molar-refractivity contribution is 0.116. The molecule has 1 amide bonds. The summed E-state index contributed by atoms with van der Waals surface area (Å²) in [5.41, 5.74) is 0. The monoisotopic (exact) mass is 225 g/mol. The number of nitrogens with zero attached hydrogens (tertiary/aromatic N) is 1. The Morgan fingerprint density at radius 1 is 1.25 bits per heavy atom. The molecule has 0 rings (SSSR count). The maximum absolute atomic E-state index is 11.4. The van der Waals surface area contributed by atoms with Gasteiger partial charge in [0.2, 0.25) is 0 Å². The van der Waals surface area contributed by atoms with Crippen molar-refractivity contribution in [3.63, 3.8) is 0 Å². The average molecular weight is 225 g/mol. The fourth-order valence-corrected chi connectivity index (χ4v) is 1.11. The van der Waals surface area contributed by atoms with E-state index in [9.17, 15) is 4.79 Å². The predicted octanol–water partition coefficient (Wildman–Crippen LogP) is 3.23. The van der Waals surface area contributed by atoms with E-state index < -0.39 is 0 Å². The molecule has 0 aromatic carbocycles. The molecule has 0 aliphatic carbocycles. The quantitative estimate of drug-likeness (QED) is 0.649. The Morgan fingerprint density at radius 3 is 2.38 bits per heavy atom. The molecule has 0 heterocycles. The fraction of sp³-hybridized carbons (Fsp3) is 0.615. The number of hydrogen-bond donors (Lipinski definition) is 0. The fourth-order valence-electron chi connectivity index (χ4n) is 1.11. The molecule has 0 aromatic heterocycles. The molecule has 92 valence electrons. The van der Waals surface area contributed by atoms with Crippen LogP contribution in [0.2, 0.25) is 0 Å². The van der Waals surface area contributed by atoms with E-state index in [1.54, 1.807) is 4.90 Å². The standard InChI is InChI=1S/C13H23NO2/c1-5-14(6-2)13(15)16-11-9-7-8-10-12(3)4/h7-10,12H,5-6,11H2,1-4H3. The summed E-state index contributed by atoms with van der Waals surface area (Å²) in [5, 5.41) is 0. The molecular formula is C13H23NO2. The molecule has 0 aliphatic rings. The molecule has 0 aliphatic heterocycles. The summed E-state index contributed by atoms with van der Waals surface area (Å²) in [6, 6.07) is 0. The van der Waals surface area contributed by atoms with Gasteiger partial charge in [0.05, 0.1) is 0 Å². The first-order valence-electron chi connectivity index (χ1n) is 5.86. The van der Waals surface area contributed by atoms with Crippen molar-refractivity contribution in [3.8, 4) is 0 Å². The van der Waals surface area contributed by atoms with Crippen LogP contribution in [0, 0.1) is 5.92 Å². The predicted molar refractivity (Wildman–Crippen MR) is 67.4 cm³/mol. The molecule has 0 saturated heterocycles. The zero-order valence-electron chi connectivity index (χ0n) is 10.8. The van der Waals surface area contributed by atoms with Crippen LogP contribution in [-0.4, -0.2) is 30.7 Å². The van der Waals surface area contributed by atoms with Crippen molar-refractivity contribution in [1.29, 1.82) is 0 Å². The summed E-state index contributed by atoms with van der Waals surface area (Å²) < 4.78 is 5.06. The van der Waals surface area contributed by atoms with E-state index in [-0.39, 0.29) is 6.09 Å². The second kappa shape index (κ2) is 9.01. The Hall–Kier alpha value is -1.25. The molecule has 0 aromatic rings. The van der Waals surface area contributed by atoms with E-state index in [4.69, 9.17) is 4.74 Å². The van der Waals surface area contributed by atoms with Gasteiger partial charge in [0.1, 0.15) is 6.61 Å². The third-order valence-electron chi connectivity index (χ3n) is 2.07. The highest BCUT2D eigenvalue weighted by Crippen LogP contribution is 1.95. The van der Waals surface area contributed by atoms with Gasteiger partial charge in [-0.2, -0.15) is 0 Å². The largest absolute Gasteiger partial charge is 0.445 e. The van der Waals surface area contributed by atoms with Crippen LogP contribution >= 0.6 is 0 Å². The van der Waals surface area contributed by atoms with Crippen LogP contribution in [0.15, 0.2) is 24.3 Å². The van der Waals surface area contributed by atoms with Crippen molar-refractivity contribution in [3.05, 3.63) is 24.3 Å². The zero-order chi connectivity index (χ0) is 12.4. The first-order chi connectivity index (χ1) is 7.61. The van der Waals surface area contributed by atoms with Crippen LogP contribution in [0.5, 0.6) is 0 Å². The molecule has 16 heavy (non-hydrogen) atoms. The van der Waals surface area contributed by atoms with Crippen LogP contribution in [0.25, 0.3) is 0 Å². The number of allylic oxidation sites excluding steroid dienone is 3. The van der Waals surface area contributed by atoms with Gasteiger partial charge in [-0.3, -0.25) is 0 Å². The van der Waals surface area contributed by atoms with Crippen molar-refractivity contribution >= 4 is 6.09 Å². The maximum atomic E-state index is 11.4. The van der Waals surface area contributed by atoms with Crippen molar-refractivity contribution in [2.45, 2.75) is 27.7 Å². The van der Waals surface area contributed by atoms with E-state index in [1.807, 2.05) is 32.1 Å². The summed E-state index contributed by atoms with van der Waals surface area (Å²) in [6.07, 6.45) is 7.54. The lowest BCUT2D eigenvalue weighted by Crippen LogP contribution is -2.31. The first kappa shape index (κ1) is 14.8. The number of carbonyl (C=O) groups excluding carboxylic acids is 1. The van der Waals surface area contributed by atoms with Gasteiger partial charge in [-0.15, -0.1) is 0 Å². The van der Waals surface area contributed by atoms with Crippen LogP contribution < -0.4 is 0 Å². The minimum atomic E-state index is -0.248. The number of hydrogen-bond acceptors (Lipinski definition) is 2. The zero-order valence-corrected chi connectivity index (χ0v) is 10.8. The summed E-state index contributed by atoms with van der Waals surface area (Å²) in [4.78, 5) is 13.0. The molecular weight excluding hydrogens is 202 g/mol. The Labute approximate surface area is 98.8 Å². The van der Waals surface area contributed by atoms with Gasteiger partial charge in [-0.25, -0.2) is 4.79 Å². The van der Waals surface area contributed by atoms with Crippen molar-refractivity contribution < 1.29 is 9.53 Å². The van der Waals surface area contributed by atoms with E-state index in [0.29, 0.717) is 25.6 Å². The smallest absolute Gasteiger partial charge is 0.410 e. The molecule has 0 bridgehead atoms.